The van der Waals surface area contributed by atoms with E-state index in [0.29, 0.717) is 42.6 Å². The highest BCUT2D eigenvalue weighted by atomic mass is 35.5. The number of piperazine rings is 1. The fraction of sp³-hybridized carbons (Fsp3) is 0.278. The number of anilines is 2. The minimum absolute atomic E-state index is 0.115. The molecule has 1 N–H and O–H groups in total. The predicted molar refractivity (Wildman–Crippen MR) is 97.1 cm³/mol. The van der Waals surface area contributed by atoms with E-state index in [1.54, 1.807) is 35.2 Å². The average Bonchev–Trinajstić information content (AvgIpc) is 3.16. The summed E-state index contributed by atoms with van der Waals surface area (Å²) in [5, 5.41) is 11.7. The lowest BCUT2D eigenvalue weighted by Gasteiger charge is -2.36. The highest BCUT2D eigenvalue weighted by molar-refractivity contribution is 6.33. The second kappa shape index (κ2) is 7.93. The van der Waals surface area contributed by atoms with Crippen LogP contribution in [-0.2, 0) is 4.79 Å². The summed E-state index contributed by atoms with van der Waals surface area (Å²) in [7, 11) is 0. The highest BCUT2D eigenvalue weighted by Crippen LogP contribution is 2.30. The van der Waals surface area contributed by atoms with Crippen molar-refractivity contribution in [3.05, 3.63) is 47.4 Å². The molecule has 1 aromatic carbocycles. The van der Waals surface area contributed by atoms with Gasteiger partial charge in [0.1, 0.15) is 6.42 Å². The number of amides is 2. The number of benzene rings is 1. The van der Waals surface area contributed by atoms with Crippen LogP contribution in [0.4, 0.5) is 11.4 Å². The third-order valence-electron chi connectivity index (χ3n) is 4.11. The minimum Gasteiger partial charge on any atom is -0.459 e. The monoisotopic (exact) mass is 372 g/mol. The predicted octanol–water partition coefficient (Wildman–Crippen LogP) is 2.75. The summed E-state index contributed by atoms with van der Waals surface area (Å²) < 4.78 is 5.16. The van der Waals surface area contributed by atoms with Crippen LogP contribution < -0.4 is 10.2 Å². The summed E-state index contributed by atoms with van der Waals surface area (Å²) >= 11 is 6.35. The summed E-state index contributed by atoms with van der Waals surface area (Å²) in [5.74, 6) is -0.147. The lowest BCUT2D eigenvalue weighted by Crippen LogP contribution is -2.48. The fourth-order valence-corrected chi connectivity index (χ4v) is 3.12. The number of carbonyl (C=O) groups is 2. The Labute approximate surface area is 155 Å². The maximum absolute atomic E-state index is 12.3. The van der Waals surface area contributed by atoms with Crippen LogP contribution in [0.3, 0.4) is 0 Å². The summed E-state index contributed by atoms with van der Waals surface area (Å²) in [5.41, 5.74) is 1.39. The van der Waals surface area contributed by atoms with Gasteiger partial charge >= 0.3 is 0 Å². The van der Waals surface area contributed by atoms with Crippen LogP contribution >= 0.6 is 11.6 Å². The maximum Gasteiger partial charge on any atom is 0.289 e. The van der Waals surface area contributed by atoms with E-state index in [0.717, 1.165) is 5.69 Å². The van der Waals surface area contributed by atoms with Gasteiger partial charge in [0.15, 0.2) is 5.76 Å². The molecule has 2 heterocycles. The van der Waals surface area contributed by atoms with Crippen molar-refractivity contribution in [2.75, 3.05) is 36.4 Å². The molecule has 0 spiro atoms. The number of hydrogen-bond acceptors (Lipinski definition) is 5. The Morgan fingerprint density at radius 1 is 1.23 bits per heavy atom. The van der Waals surface area contributed by atoms with Crippen LogP contribution in [-0.4, -0.2) is 42.9 Å². The molecule has 3 rings (SSSR count). The molecule has 1 aliphatic heterocycles. The molecule has 2 aromatic rings. The Morgan fingerprint density at radius 3 is 2.62 bits per heavy atom. The van der Waals surface area contributed by atoms with Crippen LogP contribution in [0.1, 0.15) is 17.0 Å². The third kappa shape index (κ3) is 3.98. The first kappa shape index (κ1) is 17.8. The first-order valence-corrected chi connectivity index (χ1v) is 8.50. The van der Waals surface area contributed by atoms with E-state index in [9.17, 15) is 9.59 Å². The number of halogens is 1. The number of rotatable bonds is 4. The quantitative estimate of drug-likeness (QED) is 0.891. The van der Waals surface area contributed by atoms with E-state index in [1.807, 2.05) is 6.07 Å². The van der Waals surface area contributed by atoms with Gasteiger partial charge in [-0.2, -0.15) is 5.26 Å². The van der Waals surface area contributed by atoms with E-state index in [4.69, 9.17) is 21.3 Å². The zero-order valence-corrected chi connectivity index (χ0v) is 14.7. The minimum atomic E-state index is -0.374. The van der Waals surface area contributed by atoms with Crippen molar-refractivity contribution < 1.29 is 14.0 Å². The van der Waals surface area contributed by atoms with Gasteiger partial charge in [0.05, 0.1) is 23.0 Å². The summed E-state index contributed by atoms with van der Waals surface area (Å²) in [6.07, 6.45) is 1.28. The van der Waals surface area contributed by atoms with Crippen LogP contribution in [0.15, 0.2) is 41.0 Å². The standard InChI is InChI=1S/C18H17ClN4O3/c19-14-12-13(21-17(24)5-6-20)3-4-15(14)22-7-9-23(10-8-22)18(25)16-2-1-11-26-16/h1-4,11-12H,5,7-10H2,(H,21,24). The van der Waals surface area contributed by atoms with Gasteiger partial charge in [0, 0.05) is 31.9 Å². The lowest BCUT2D eigenvalue weighted by atomic mass is 10.2. The van der Waals surface area contributed by atoms with Gasteiger partial charge < -0.3 is 19.5 Å². The van der Waals surface area contributed by atoms with Crippen LogP contribution in [0.5, 0.6) is 0 Å². The van der Waals surface area contributed by atoms with E-state index in [-0.39, 0.29) is 18.2 Å². The Kier molecular flexibility index (Phi) is 5.44. The van der Waals surface area contributed by atoms with Crippen molar-refractivity contribution in [3.8, 4) is 6.07 Å². The zero-order valence-electron chi connectivity index (χ0n) is 13.9. The SMILES string of the molecule is N#CCC(=O)Nc1ccc(N2CCN(C(=O)c3ccco3)CC2)c(Cl)c1. The van der Waals surface area contributed by atoms with Gasteiger partial charge in [-0.15, -0.1) is 0 Å². The molecule has 1 aromatic heterocycles. The first-order valence-electron chi connectivity index (χ1n) is 8.12. The molecule has 2 amide bonds. The largest absolute Gasteiger partial charge is 0.459 e. The number of furan rings is 1. The topological polar surface area (TPSA) is 89.6 Å². The molecule has 0 radical (unpaired) electrons. The summed E-state index contributed by atoms with van der Waals surface area (Å²) in [6.45, 7) is 2.42. The van der Waals surface area contributed by atoms with Gasteiger partial charge in [0.25, 0.3) is 5.91 Å². The highest BCUT2D eigenvalue weighted by Gasteiger charge is 2.24. The van der Waals surface area contributed by atoms with Gasteiger partial charge in [-0.25, -0.2) is 0 Å². The van der Waals surface area contributed by atoms with E-state index in [1.165, 1.54) is 6.26 Å². The molecule has 26 heavy (non-hydrogen) atoms. The Bertz CT molecular complexity index is 837. The Morgan fingerprint density at radius 2 is 2.00 bits per heavy atom. The number of nitrogens with zero attached hydrogens (tertiary/aromatic N) is 3. The molecule has 134 valence electrons. The Hall–Kier alpha value is -2.98. The lowest BCUT2D eigenvalue weighted by molar-refractivity contribution is -0.115. The van der Waals surface area contributed by atoms with Crippen molar-refractivity contribution in [2.45, 2.75) is 6.42 Å². The van der Waals surface area contributed by atoms with E-state index < -0.39 is 0 Å². The van der Waals surface area contributed by atoms with Crippen molar-refractivity contribution in [2.24, 2.45) is 0 Å². The molecule has 1 aliphatic rings. The van der Waals surface area contributed by atoms with E-state index in [2.05, 4.69) is 10.2 Å². The number of hydrogen-bond donors (Lipinski definition) is 1. The smallest absolute Gasteiger partial charge is 0.289 e. The molecular formula is C18H17ClN4O3. The zero-order chi connectivity index (χ0) is 18.5. The first-order chi connectivity index (χ1) is 12.6. The van der Waals surface area contributed by atoms with Gasteiger partial charge in [-0.05, 0) is 30.3 Å². The summed E-state index contributed by atoms with van der Waals surface area (Å²) in [6, 6.07) is 10.4. The van der Waals surface area contributed by atoms with Crippen molar-refractivity contribution in [1.29, 1.82) is 5.26 Å². The van der Waals surface area contributed by atoms with Gasteiger partial charge in [0.2, 0.25) is 5.91 Å². The van der Waals surface area contributed by atoms with Gasteiger partial charge in [-0.1, -0.05) is 11.6 Å². The van der Waals surface area contributed by atoms with Crippen molar-refractivity contribution in [3.63, 3.8) is 0 Å². The van der Waals surface area contributed by atoms with Crippen LogP contribution in [0.2, 0.25) is 5.02 Å². The van der Waals surface area contributed by atoms with Crippen molar-refractivity contribution >= 4 is 34.8 Å². The molecule has 1 saturated heterocycles. The second-order valence-corrected chi connectivity index (χ2v) is 6.21. The molecule has 0 saturated carbocycles. The fourth-order valence-electron chi connectivity index (χ4n) is 2.82. The second-order valence-electron chi connectivity index (χ2n) is 5.81. The number of nitrogens with one attached hydrogen (secondary N) is 1. The van der Waals surface area contributed by atoms with Gasteiger partial charge in [-0.3, -0.25) is 9.59 Å². The normalized spacial score (nSPS) is 14.0. The Balaban J connectivity index is 1.61. The molecule has 0 atom stereocenters. The molecule has 0 unspecified atom stereocenters. The molecule has 1 fully saturated rings. The van der Waals surface area contributed by atoms with Crippen LogP contribution in [0.25, 0.3) is 0 Å². The average molecular weight is 373 g/mol. The molecule has 8 heteroatoms. The third-order valence-corrected chi connectivity index (χ3v) is 4.41. The maximum atomic E-state index is 12.3. The number of carbonyl (C=O) groups excluding carboxylic acids is 2. The summed E-state index contributed by atoms with van der Waals surface area (Å²) in [4.78, 5) is 27.6. The molecule has 0 bridgehead atoms. The number of nitriles is 1. The van der Waals surface area contributed by atoms with E-state index >= 15 is 0 Å². The molecular weight excluding hydrogens is 356 g/mol. The van der Waals surface area contributed by atoms with Crippen molar-refractivity contribution in [1.82, 2.24) is 4.90 Å². The van der Waals surface area contributed by atoms with Crippen LogP contribution in [0, 0.1) is 11.3 Å². The molecule has 7 nitrogen and oxygen atoms in total. The molecule has 0 aliphatic carbocycles.